The van der Waals surface area contributed by atoms with Crippen molar-refractivity contribution in [2.75, 3.05) is 7.11 Å². The van der Waals surface area contributed by atoms with E-state index in [2.05, 4.69) is 5.32 Å². The van der Waals surface area contributed by atoms with Crippen LogP contribution in [0.1, 0.15) is 25.3 Å². The lowest BCUT2D eigenvalue weighted by Gasteiger charge is -2.33. The minimum absolute atomic E-state index is 0.0655. The molecule has 1 aromatic carbocycles. The lowest BCUT2D eigenvalue weighted by Crippen LogP contribution is -2.46. The number of piperidine rings is 1. The monoisotopic (exact) mass is 251 g/mol. The van der Waals surface area contributed by atoms with Gasteiger partial charge in [0.1, 0.15) is 11.6 Å². The van der Waals surface area contributed by atoms with Crippen molar-refractivity contribution >= 4 is 11.8 Å². The third-order valence-electron chi connectivity index (χ3n) is 3.18. The molecule has 18 heavy (non-hydrogen) atoms. The molecule has 0 aromatic heterocycles. The minimum Gasteiger partial charge on any atom is -0.496 e. The summed E-state index contributed by atoms with van der Waals surface area (Å²) in [5.74, 6) is -0.877. The molecule has 0 unspecified atom stereocenters. The van der Waals surface area contributed by atoms with Crippen LogP contribution >= 0.6 is 0 Å². The molecular weight excluding hydrogens is 237 g/mol. The van der Waals surface area contributed by atoms with Gasteiger partial charge in [0.25, 0.3) is 0 Å². The van der Waals surface area contributed by atoms with E-state index in [0.29, 0.717) is 5.75 Å². The van der Waals surface area contributed by atoms with Crippen LogP contribution in [0, 0.1) is 5.82 Å². The van der Waals surface area contributed by atoms with E-state index >= 15 is 0 Å². The highest BCUT2D eigenvalue weighted by atomic mass is 19.1. The van der Waals surface area contributed by atoms with Crippen LogP contribution in [-0.2, 0) is 15.0 Å². The van der Waals surface area contributed by atoms with Crippen LogP contribution in [0.2, 0.25) is 0 Å². The Bertz CT molecular complexity index is 497. The van der Waals surface area contributed by atoms with E-state index in [0.717, 1.165) is 0 Å². The van der Waals surface area contributed by atoms with Crippen molar-refractivity contribution in [3.63, 3.8) is 0 Å². The van der Waals surface area contributed by atoms with E-state index in [1.165, 1.54) is 19.2 Å². The molecule has 1 aromatic rings. The van der Waals surface area contributed by atoms with Gasteiger partial charge in [-0.15, -0.1) is 0 Å². The van der Waals surface area contributed by atoms with Gasteiger partial charge in [0.15, 0.2) is 0 Å². The van der Waals surface area contributed by atoms with Crippen LogP contribution < -0.4 is 10.1 Å². The zero-order valence-electron chi connectivity index (χ0n) is 10.2. The fourth-order valence-corrected chi connectivity index (χ4v) is 2.45. The van der Waals surface area contributed by atoms with E-state index in [9.17, 15) is 14.0 Å². The van der Waals surface area contributed by atoms with Gasteiger partial charge in [-0.05, 0) is 12.1 Å². The van der Waals surface area contributed by atoms with Gasteiger partial charge in [-0.3, -0.25) is 14.9 Å². The van der Waals surface area contributed by atoms with E-state index in [1.807, 2.05) is 0 Å². The molecule has 0 spiro atoms. The predicted octanol–water partition coefficient (Wildman–Crippen LogP) is 1.53. The number of imide groups is 1. The predicted molar refractivity (Wildman–Crippen MR) is 62.7 cm³/mol. The number of amides is 2. The lowest BCUT2D eigenvalue weighted by atomic mass is 9.74. The summed E-state index contributed by atoms with van der Waals surface area (Å²) in [6.07, 6.45) is 0.131. The maximum atomic E-state index is 14.0. The molecule has 1 aliphatic rings. The largest absolute Gasteiger partial charge is 0.496 e. The molecule has 96 valence electrons. The van der Waals surface area contributed by atoms with Crippen molar-refractivity contribution in [3.8, 4) is 5.75 Å². The Balaban J connectivity index is 2.52. The summed E-state index contributed by atoms with van der Waals surface area (Å²) < 4.78 is 19.1. The van der Waals surface area contributed by atoms with Gasteiger partial charge in [0, 0.05) is 23.8 Å². The molecule has 0 saturated carbocycles. The number of nitrogens with one attached hydrogen (secondary N) is 1. The Hall–Kier alpha value is -1.91. The normalized spacial score (nSPS) is 18.4. The topological polar surface area (TPSA) is 55.4 Å². The smallest absolute Gasteiger partial charge is 0.227 e. The third kappa shape index (κ3) is 2.08. The number of hydrogen-bond acceptors (Lipinski definition) is 3. The number of methoxy groups -OCH3 is 1. The zero-order valence-corrected chi connectivity index (χ0v) is 10.2. The van der Waals surface area contributed by atoms with Gasteiger partial charge in [0.2, 0.25) is 11.8 Å². The van der Waals surface area contributed by atoms with E-state index in [-0.39, 0.29) is 30.2 Å². The first-order chi connectivity index (χ1) is 8.46. The van der Waals surface area contributed by atoms with Crippen molar-refractivity contribution in [3.05, 3.63) is 29.6 Å². The molecule has 2 rings (SSSR count). The van der Waals surface area contributed by atoms with Crippen molar-refractivity contribution in [2.45, 2.75) is 25.2 Å². The first-order valence-corrected chi connectivity index (χ1v) is 5.62. The van der Waals surface area contributed by atoms with Gasteiger partial charge in [-0.2, -0.15) is 0 Å². The van der Waals surface area contributed by atoms with Crippen LogP contribution in [-0.4, -0.2) is 18.9 Å². The van der Waals surface area contributed by atoms with E-state index in [4.69, 9.17) is 4.74 Å². The quantitative estimate of drug-likeness (QED) is 0.811. The van der Waals surface area contributed by atoms with Crippen LogP contribution in [0.15, 0.2) is 18.2 Å². The summed E-state index contributed by atoms with van der Waals surface area (Å²) >= 11 is 0. The first kappa shape index (κ1) is 12.5. The molecule has 1 saturated heterocycles. The first-order valence-electron chi connectivity index (χ1n) is 5.62. The summed E-state index contributed by atoms with van der Waals surface area (Å²) in [4.78, 5) is 23.0. The Labute approximate surface area is 104 Å². The number of rotatable bonds is 2. The van der Waals surface area contributed by atoms with Crippen molar-refractivity contribution in [1.29, 1.82) is 0 Å². The average Bonchev–Trinajstić information content (AvgIpc) is 2.26. The van der Waals surface area contributed by atoms with Gasteiger partial charge in [-0.1, -0.05) is 13.0 Å². The summed E-state index contributed by atoms with van der Waals surface area (Å²) in [6.45, 7) is 1.70. The van der Waals surface area contributed by atoms with Crippen LogP contribution in [0.3, 0.4) is 0 Å². The molecule has 1 fully saturated rings. The van der Waals surface area contributed by atoms with Crippen molar-refractivity contribution in [2.24, 2.45) is 0 Å². The summed E-state index contributed by atoms with van der Waals surface area (Å²) in [5.41, 5.74) is -0.577. The van der Waals surface area contributed by atoms with Gasteiger partial charge < -0.3 is 4.74 Å². The zero-order chi connectivity index (χ0) is 13.3. The molecule has 4 nitrogen and oxygen atoms in total. The summed E-state index contributed by atoms with van der Waals surface area (Å²) in [6, 6.07) is 4.46. The molecule has 2 amide bonds. The SMILES string of the molecule is COc1cccc(F)c1C1(C)CC(=O)NC(=O)C1. The van der Waals surface area contributed by atoms with Gasteiger partial charge >= 0.3 is 0 Å². The van der Waals surface area contributed by atoms with Crippen molar-refractivity contribution < 1.29 is 18.7 Å². The Morgan fingerprint density at radius 2 is 1.89 bits per heavy atom. The molecule has 0 aliphatic carbocycles. The highest BCUT2D eigenvalue weighted by Gasteiger charge is 2.40. The van der Waals surface area contributed by atoms with Gasteiger partial charge in [0.05, 0.1) is 7.11 Å². The maximum absolute atomic E-state index is 14.0. The summed E-state index contributed by atoms with van der Waals surface area (Å²) in [5, 5.41) is 2.22. The average molecular weight is 251 g/mol. The fourth-order valence-electron chi connectivity index (χ4n) is 2.45. The number of benzene rings is 1. The minimum atomic E-state index is -0.865. The molecule has 0 radical (unpaired) electrons. The number of halogens is 1. The Kier molecular flexibility index (Phi) is 3.07. The fraction of sp³-hybridized carbons (Fsp3) is 0.385. The second-order valence-corrected chi connectivity index (χ2v) is 4.70. The van der Waals surface area contributed by atoms with Crippen LogP contribution in [0.4, 0.5) is 4.39 Å². The summed E-state index contributed by atoms with van der Waals surface area (Å²) in [7, 11) is 1.44. The second-order valence-electron chi connectivity index (χ2n) is 4.70. The van der Waals surface area contributed by atoms with Crippen molar-refractivity contribution in [1.82, 2.24) is 5.32 Å². The third-order valence-corrected chi connectivity index (χ3v) is 3.18. The number of ether oxygens (including phenoxy) is 1. The van der Waals surface area contributed by atoms with E-state index in [1.54, 1.807) is 13.0 Å². The second kappa shape index (κ2) is 4.40. The van der Waals surface area contributed by atoms with Crippen LogP contribution in [0.5, 0.6) is 5.75 Å². The molecule has 0 atom stereocenters. The Morgan fingerprint density at radius 1 is 1.28 bits per heavy atom. The van der Waals surface area contributed by atoms with E-state index < -0.39 is 11.2 Å². The van der Waals surface area contributed by atoms with Crippen LogP contribution in [0.25, 0.3) is 0 Å². The highest BCUT2D eigenvalue weighted by molar-refractivity contribution is 5.99. The molecule has 0 bridgehead atoms. The Morgan fingerprint density at radius 3 is 2.44 bits per heavy atom. The molecule has 1 aliphatic heterocycles. The van der Waals surface area contributed by atoms with Gasteiger partial charge in [-0.25, -0.2) is 4.39 Å². The maximum Gasteiger partial charge on any atom is 0.227 e. The molecular formula is C13H14FNO3. The number of hydrogen-bond donors (Lipinski definition) is 1. The number of carbonyl (C=O) groups excluding carboxylic acids is 2. The highest BCUT2D eigenvalue weighted by Crippen LogP contribution is 2.40. The molecule has 1 N–H and O–H groups in total. The molecule has 5 heteroatoms. The number of carbonyl (C=O) groups is 2. The molecule has 1 heterocycles. The standard InChI is InChI=1S/C13H14FNO3/c1-13(6-10(16)15-11(17)7-13)12-8(14)4-3-5-9(12)18-2/h3-5H,6-7H2,1-2H3,(H,15,16,17). The lowest BCUT2D eigenvalue weighted by molar-refractivity contribution is -0.135.